The molecule has 1 fully saturated rings. The number of nitro groups is 1. The summed E-state index contributed by atoms with van der Waals surface area (Å²) in [6.07, 6.45) is 2.55. The number of aromatic nitrogens is 2. The molecule has 0 aromatic carbocycles. The molecular weight excluding hydrogens is 230 g/mol. The van der Waals surface area contributed by atoms with Crippen molar-refractivity contribution in [2.75, 3.05) is 6.61 Å². The van der Waals surface area contributed by atoms with Crippen LogP contribution in [-0.2, 0) is 11.3 Å². The first-order valence-corrected chi connectivity index (χ1v) is 5.17. The standard InChI is InChI=1S/C9H11N3O5/c13-8-7(12(15)16)5-11(9(14)10-8)4-6-2-1-3-17-6/h5-6H,1-4H2,(H,10,13,14). The molecule has 1 unspecified atom stereocenters. The van der Waals surface area contributed by atoms with Crippen LogP contribution in [0.15, 0.2) is 15.8 Å². The largest absolute Gasteiger partial charge is 0.376 e. The number of rotatable bonds is 3. The van der Waals surface area contributed by atoms with E-state index in [0.29, 0.717) is 6.61 Å². The highest BCUT2D eigenvalue weighted by Gasteiger charge is 2.20. The predicted octanol–water partition coefficient (Wildman–Crippen LogP) is -0.376. The van der Waals surface area contributed by atoms with Gasteiger partial charge in [-0.25, -0.2) is 4.79 Å². The maximum Gasteiger partial charge on any atom is 0.350 e. The van der Waals surface area contributed by atoms with Gasteiger partial charge in [-0.15, -0.1) is 0 Å². The van der Waals surface area contributed by atoms with E-state index in [9.17, 15) is 19.7 Å². The van der Waals surface area contributed by atoms with Crippen LogP contribution in [0.5, 0.6) is 0 Å². The highest BCUT2D eigenvalue weighted by molar-refractivity contribution is 5.20. The molecule has 0 aliphatic carbocycles. The number of nitrogens with zero attached hydrogens (tertiary/aromatic N) is 2. The molecule has 8 heteroatoms. The zero-order valence-corrected chi connectivity index (χ0v) is 8.92. The van der Waals surface area contributed by atoms with Gasteiger partial charge < -0.3 is 4.74 Å². The van der Waals surface area contributed by atoms with Crippen molar-refractivity contribution in [2.24, 2.45) is 0 Å². The summed E-state index contributed by atoms with van der Waals surface area (Å²) in [5.74, 6) is 0. The van der Waals surface area contributed by atoms with Crippen molar-refractivity contribution in [3.63, 3.8) is 0 Å². The second-order valence-electron chi connectivity index (χ2n) is 3.82. The summed E-state index contributed by atoms with van der Waals surface area (Å²) in [6, 6.07) is 0. The first-order chi connectivity index (χ1) is 8.08. The fraction of sp³-hybridized carbons (Fsp3) is 0.556. The molecule has 1 aliphatic rings. The van der Waals surface area contributed by atoms with Crippen LogP contribution in [0.25, 0.3) is 0 Å². The highest BCUT2D eigenvalue weighted by atomic mass is 16.6. The van der Waals surface area contributed by atoms with Gasteiger partial charge in [0.2, 0.25) is 0 Å². The van der Waals surface area contributed by atoms with Crippen LogP contribution in [0, 0.1) is 10.1 Å². The zero-order valence-electron chi connectivity index (χ0n) is 8.92. The Morgan fingerprint density at radius 2 is 2.35 bits per heavy atom. The van der Waals surface area contributed by atoms with E-state index in [1.807, 2.05) is 4.98 Å². The van der Waals surface area contributed by atoms with Crippen molar-refractivity contribution in [3.05, 3.63) is 37.1 Å². The van der Waals surface area contributed by atoms with E-state index in [2.05, 4.69) is 0 Å². The number of hydrogen-bond acceptors (Lipinski definition) is 5. The van der Waals surface area contributed by atoms with Crippen molar-refractivity contribution in [1.29, 1.82) is 0 Å². The predicted molar refractivity (Wildman–Crippen MR) is 57.0 cm³/mol. The first kappa shape index (κ1) is 11.5. The van der Waals surface area contributed by atoms with Crippen molar-refractivity contribution in [3.8, 4) is 0 Å². The van der Waals surface area contributed by atoms with Crippen LogP contribution in [-0.4, -0.2) is 27.2 Å². The summed E-state index contributed by atoms with van der Waals surface area (Å²) in [5.41, 5.74) is -2.28. The molecule has 2 heterocycles. The third-order valence-corrected chi connectivity index (χ3v) is 2.61. The lowest BCUT2D eigenvalue weighted by atomic mass is 10.2. The first-order valence-electron chi connectivity index (χ1n) is 5.17. The van der Waals surface area contributed by atoms with Crippen molar-refractivity contribution >= 4 is 5.69 Å². The van der Waals surface area contributed by atoms with Crippen LogP contribution < -0.4 is 11.2 Å². The van der Waals surface area contributed by atoms with E-state index >= 15 is 0 Å². The van der Waals surface area contributed by atoms with Crippen LogP contribution in [0.4, 0.5) is 5.69 Å². The number of H-pyrrole nitrogens is 1. The number of nitrogens with one attached hydrogen (secondary N) is 1. The normalized spacial score (nSPS) is 19.4. The van der Waals surface area contributed by atoms with Gasteiger partial charge in [0.25, 0.3) is 0 Å². The molecule has 0 saturated carbocycles. The minimum absolute atomic E-state index is 0.127. The second-order valence-corrected chi connectivity index (χ2v) is 3.82. The minimum atomic E-state index is -0.983. The molecule has 0 bridgehead atoms. The molecule has 17 heavy (non-hydrogen) atoms. The fourth-order valence-electron chi connectivity index (χ4n) is 1.77. The molecule has 8 nitrogen and oxygen atoms in total. The lowest BCUT2D eigenvalue weighted by Gasteiger charge is -2.10. The highest BCUT2D eigenvalue weighted by Crippen LogP contribution is 2.13. The second kappa shape index (κ2) is 4.50. The van der Waals surface area contributed by atoms with Gasteiger partial charge in [-0.1, -0.05) is 0 Å². The summed E-state index contributed by atoms with van der Waals surface area (Å²) in [5, 5.41) is 10.6. The van der Waals surface area contributed by atoms with E-state index in [1.54, 1.807) is 0 Å². The smallest absolute Gasteiger partial charge is 0.350 e. The number of hydrogen-bond donors (Lipinski definition) is 1. The molecule has 0 radical (unpaired) electrons. The molecular formula is C9H11N3O5. The Morgan fingerprint density at radius 1 is 1.59 bits per heavy atom. The van der Waals surface area contributed by atoms with Gasteiger partial charge in [-0.3, -0.25) is 24.5 Å². The Labute approximate surface area is 95.0 Å². The van der Waals surface area contributed by atoms with Crippen LogP contribution in [0.1, 0.15) is 12.8 Å². The Balaban J connectivity index is 2.33. The van der Waals surface area contributed by atoms with Crippen molar-refractivity contribution in [1.82, 2.24) is 9.55 Å². The van der Waals surface area contributed by atoms with Gasteiger partial charge in [0.05, 0.1) is 23.8 Å². The molecule has 1 N–H and O–H groups in total. The molecule has 1 aromatic rings. The van der Waals surface area contributed by atoms with E-state index in [1.165, 1.54) is 0 Å². The molecule has 0 spiro atoms. The van der Waals surface area contributed by atoms with Crippen LogP contribution in [0.3, 0.4) is 0 Å². The third kappa shape index (κ3) is 2.41. The summed E-state index contributed by atoms with van der Waals surface area (Å²) in [7, 11) is 0. The topological polar surface area (TPSA) is 107 Å². The fourth-order valence-corrected chi connectivity index (χ4v) is 1.77. The maximum atomic E-state index is 11.4. The van der Waals surface area contributed by atoms with Gasteiger partial charge in [-0.2, -0.15) is 0 Å². The Morgan fingerprint density at radius 3 is 2.94 bits per heavy atom. The maximum absolute atomic E-state index is 11.4. The molecule has 1 saturated heterocycles. The minimum Gasteiger partial charge on any atom is -0.376 e. The van der Waals surface area contributed by atoms with E-state index in [4.69, 9.17) is 4.74 Å². The SMILES string of the molecule is O=c1[nH]c(=O)n(CC2CCCO2)cc1[N+](=O)[O-]. The summed E-state index contributed by atoms with van der Waals surface area (Å²) in [4.78, 5) is 34.2. The van der Waals surface area contributed by atoms with Crippen molar-refractivity contribution < 1.29 is 9.66 Å². The lowest BCUT2D eigenvalue weighted by Crippen LogP contribution is -2.33. The van der Waals surface area contributed by atoms with Gasteiger partial charge in [-0.05, 0) is 12.8 Å². The lowest BCUT2D eigenvalue weighted by molar-refractivity contribution is -0.386. The van der Waals surface area contributed by atoms with Gasteiger partial charge >= 0.3 is 16.9 Å². The molecule has 1 aromatic heterocycles. The summed E-state index contributed by atoms with van der Waals surface area (Å²) < 4.78 is 6.43. The Bertz CT molecular complexity index is 540. The van der Waals surface area contributed by atoms with Crippen LogP contribution >= 0.6 is 0 Å². The summed E-state index contributed by atoms with van der Waals surface area (Å²) in [6.45, 7) is 0.849. The van der Waals surface area contributed by atoms with E-state index in [-0.39, 0.29) is 12.6 Å². The third-order valence-electron chi connectivity index (χ3n) is 2.61. The van der Waals surface area contributed by atoms with Crippen LogP contribution in [0.2, 0.25) is 0 Å². The van der Waals surface area contributed by atoms with E-state index in [0.717, 1.165) is 23.6 Å². The quantitative estimate of drug-likeness (QED) is 0.573. The average molecular weight is 241 g/mol. The van der Waals surface area contributed by atoms with Gasteiger partial charge in [0, 0.05) is 6.61 Å². The molecule has 2 rings (SSSR count). The number of ether oxygens (including phenoxy) is 1. The molecule has 1 atom stereocenters. The molecule has 92 valence electrons. The van der Waals surface area contributed by atoms with Gasteiger partial charge in [0.1, 0.15) is 0 Å². The monoisotopic (exact) mass is 241 g/mol. The summed E-state index contributed by atoms with van der Waals surface area (Å²) >= 11 is 0. The Kier molecular flexibility index (Phi) is 3.05. The zero-order chi connectivity index (χ0) is 12.4. The average Bonchev–Trinajstić information content (AvgIpc) is 2.74. The molecule has 1 aliphatic heterocycles. The van der Waals surface area contributed by atoms with Gasteiger partial charge in [0.15, 0.2) is 0 Å². The van der Waals surface area contributed by atoms with E-state index < -0.39 is 21.9 Å². The molecule has 0 amide bonds. The Hall–Kier alpha value is -1.96. The number of aromatic amines is 1. The van der Waals surface area contributed by atoms with Crippen molar-refractivity contribution in [2.45, 2.75) is 25.5 Å².